The average Bonchev–Trinajstić information content (AvgIpc) is 2.79. The summed E-state index contributed by atoms with van der Waals surface area (Å²) in [6.45, 7) is 9.54. The van der Waals surface area contributed by atoms with E-state index in [-0.39, 0.29) is 0 Å². The van der Waals surface area contributed by atoms with Gasteiger partial charge in [0, 0.05) is 0 Å². The van der Waals surface area contributed by atoms with Crippen LogP contribution in [-0.4, -0.2) is 8.07 Å². The Kier molecular flexibility index (Phi) is 7.65. The van der Waals surface area contributed by atoms with Gasteiger partial charge in [-0.05, 0) is 41.7 Å². The zero-order valence-electron chi connectivity index (χ0n) is 18.9. The lowest BCUT2D eigenvalue weighted by atomic mass is 9.95. The fourth-order valence-electron chi connectivity index (χ4n) is 4.23. The predicted molar refractivity (Wildman–Crippen MR) is 137 cm³/mol. The summed E-state index contributed by atoms with van der Waals surface area (Å²) in [5, 5.41) is 3.03. The highest BCUT2D eigenvalue weighted by molar-refractivity contribution is 7.05. The highest BCUT2D eigenvalue weighted by Gasteiger charge is 2.32. The van der Waals surface area contributed by atoms with E-state index in [4.69, 9.17) is 0 Å². The Hall–Kier alpha value is -2.64. The number of hydrogen-bond acceptors (Lipinski definition) is 0. The molecule has 0 aliphatic carbocycles. The summed E-state index contributed by atoms with van der Waals surface area (Å²) in [7, 11) is -1.94. The van der Waals surface area contributed by atoms with E-state index in [1.165, 1.54) is 33.9 Å². The SMILES string of the molecule is CCC/C=C(\C)C/C(=C(/c1ccccc1)[Si](C)(C)c1ccccc1)c1ccccc1. The van der Waals surface area contributed by atoms with Crippen molar-refractivity contribution < 1.29 is 0 Å². The zero-order chi connectivity index (χ0) is 21.4. The Bertz CT molecular complexity index is 980. The predicted octanol–water partition coefficient (Wildman–Crippen LogP) is 7.89. The van der Waals surface area contributed by atoms with Crippen molar-refractivity contribution >= 4 is 24.0 Å². The van der Waals surface area contributed by atoms with Crippen LogP contribution in [0.15, 0.2) is 103 Å². The summed E-state index contributed by atoms with van der Waals surface area (Å²) in [6.07, 6.45) is 5.76. The van der Waals surface area contributed by atoms with Crippen LogP contribution in [0.5, 0.6) is 0 Å². The monoisotopic (exact) mass is 410 g/mol. The molecular formula is C29H34Si. The lowest BCUT2D eigenvalue weighted by molar-refractivity contribution is 0.943. The van der Waals surface area contributed by atoms with Gasteiger partial charge < -0.3 is 0 Å². The van der Waals surface area contributed by atoms with E-state index in [9.17, 15) is 0 Å². The summed E-state index contributed by atoms with van der Waals surface area (Å²) in [4.78, 5) is 0. The number of benzene rings is 3. The van der Waals surface area contributed by atoms with E-state index in [0.29, 0.717) is 0 Å². The average molecular weight is 411 g/mol. The van der Waals surface area contributed by atoms with Crippen LogP contribution in [0.3, 0.4) is 0 Å². The fraction of sp³-hybridized carbons (Fsp3) is 0.241. The van der Waals surface area contributed by atoms with Gasteiger partial charge in [-0.15, -0.1) is 0 Å². The third kappa shape index (κ3) is 5.28. The molecule has 0 fully saturated rings. The van der Waals surface area contributed by atoms with E-state index < -0.39 is 8.07 Å². The van der Waals surface area contributed by atoms with E-state index in [2.05, 4.69) is 124 Å². The number of rotatable bonds is 8. The molecule has 0 saturated heterocycles. The molecule has 1 heteroatoms. The number of allylic oxidation sites excluding steroid dienone is 3. The van der Waals surface area contributed by atoms with Gasteiger partial charge in [0.25, 0.3) is 0 Å². The van der Waals surface area contributed by atoms with Crippen LogP contribution >= 0.6 is 0 Å². The summed E-state index contributed by atoms with van der Waals surface area (Å²) < 4.78 is 0. The molecule has 0 radical (unpaired) electrons. The Balaban J connectivity index is 2.29. The van der Waals surface area contributed by atoms with Gasteiger partial charge >= 0.3 is 0 Å². The maximum Gasteiger partial charge on any atom is 0.113 e. The van der Waals surface area contributed by atoms with Crippen molar-refractivity contribution in [2.24, 2.45) is 0 Å². The summed E-state index contributed by atoms with van der Waals surface area (Å²) in [5.41, 5.74) is 5.64. The molecule has 0 spiro atoms. The van der Waals surface area contributed by atoms with Crippen molar-refractivity contribution in [1.82, 2.24) is 0 Å². The molecule has 0 aromatic heterocycles. The molecular weight excluding hydrogens is 376 g/mol. The number of hydrogen-bond donors (Lipinski definition) is 0. The molecule has 0 saturated carbocycles. The third-order valence-corrected chi connectivity index (χ3v) is 9.46. The smallest absolute Gasteiger partial charge is 0.0853 e. The van der Waals surface area contributed by atoms with Gasteiger partial charge in [0.05, 0.1) is 0 Å². The largest absolute Gasteiger partial charge is 0.113 e. The van der Waals surface area contributed by atoms with Crippen molar-refractivity contribution in [2.45, 2.75) is 46.2 Å². The molecule has 154 valence electrons. The lowest BCUT2D eigenvalue weighted by Crippen LogP contribution is -2.43. The van der Waals surface area contributed by atoms with Gasteiger partial charge in [0.1, 0.15) is 8.07 Å². The van der Waals surface area contributed by atoms with Crippen LogP contribution in [0.4, 0.5) is 0 Å². The lowest BCUT2D eigenvalue weighted by Gasteiger charge is -2.31. The second kappa shape index (κ2) is 10.4. The van der Waals surface area contributed by atoms with Crippen molar-refractivity contribution in [3.05, 3.63) is 114 Å². The summed E-state index contributed by atoms with van der Waals surface area (Å²) >= 11 is 0. The second-order valence-electron chi connectivity index (χ2n) is 8.59. The van der Waals surface area contributed by atoms with E-state index >= 15 is 0 Å². The molecule has 0 aliphatic rings. The van der Waals surface area contributed by atoms with Crippen LogP contribution in [0.2, 0.25) is 13.1 Å². The van der Waals surface area contributed by atoms with Gasteiger partial charge in [-0.25, -0.2) is 0 Å². The fourth-order valence-corrected chi connectivity index (χ4v) is 7.42. The van der Waals surface area contributed by atoms with Crippen LogP contribution < -0.4 is 5.19 Å². The minimum absolute atomic E-state index is 0.998. The Morgan fingerprint density at radius 2 is 1.23 bits per heavy atom. The van der Waals surface area contributed by atoms with Crippen molar-refractivity contribution in [3.8, 4) is 0 Å². The first-order chi connectivity index (χ1) is 14.5. The molecule has 0 aliphatic heterocycles. The Labute approximate surface area is 184 Å². The maximum absolute atomic E-state index is 2.50. The van der Waals surface area contributed by atoms with Crippen molar-refractivity contribution in [1.29, 1.82) is 0 Å². The molecule has 3 aromatic carbocycles. The van der Waals surface area contributed by atoms with Gasteiger partial charge in [0.2, 0.25) is 0 Å². The quantitative estimate of drug-likeness (QED) is 0.201. The van der Waals surface area contributed by atoms with Crippen LogP contribution in [0.25, 0.3) is 10.8 Å². The van der Waals surface area contributed by atoms with Crippen LogP contribution in [-0.2, 0) is 0 Å². The molecule has 0 atom stereocenters. The first-order valence-electron chi connectivity index (χ1n) is 11.1. The molecule has 0 amide bonds. The van der Waals surface area contributed by atoms with Gasteiger partial charge in [-0.1, -0.05) is 134 Å². The highest BCUT2D eigenvalue weighted by Crippen LogP contribution is 2.37. The molecule has 3 rings (SSSR count). The zero-order valence-corrected chi connectivity index (χ0v) is 19.9. The highest BCUT2D eigenvalue weighted by atomic mass is 28.3. The molecule has 0 unspecified atom stereocenters. The first-order valence-corrected chi connectivity index (χ1v) is 14.1. The third-order valence-electron chi connectivity index (χ3n) is 5.84. The standard InChI is InChI=1S/C29H34Si/c1-5-6-16-24(2)23-28(25-17-10-7-11-18-25)29(26-19-12-8-13-20-26)30(3,4)27-21-14-9-15-22-27/h7-22H,5-6,23H2,1-4H3/b24-16+,29-28+. The molecule has 0 heterocycles. The van der Waals surface area contributed by atoms with Gasteiger partial charge in [-0.2, -0.15) is 0 Å². The van der Waals surface area contributed by atoms with E-state index in [1.54, 1.807) is 5.20 Å². The van der Waals surface area contributed by atoms with Crippen LogP contribution in [0, 0.1) is 0 Å². The van der Waals surface area contributed by atoms with E-state index in [1.807, 2.05) is 0 Å². The Morgan fingerprint density at radius 1 is 0.733 bits per heavy atom. The topological polar surface area (TPSA) is 0 Å². The molecule has 30 heavy (non-hydrogen) atoms. The van der Waals surface area contributed by atoms with Gasteiger partial charge in [0.15, 0.2) is 0 Å². The minimum atomic E-state index is -1.94. The van der Waals surface area contributed by atoms with Crippen LogP contribution in [0.1, 0.15) is 44.2 Å². The molecule has 0 N–H and O–H groups in total. The molecule has 0 nitrogen and oxygen atoms in total. The number of unbranched alkanes of at least 4 members (excludes halogenated alkanes) is 1. The maximum atomic E-state index is 2.50. The van der Waals surface area contributed by atoms with E-state index in [0.717, 1.165) is 12.8 Å². The first kappa shape index (κ1) is 22.1. The second-order valence-corrected chi connectivity index (χ2v) is 12.9. The van der Waals surface area contributed by atoms with Crippen molar-refractivity contribution in [2.75, 3.05) is 0 Å². The minimum Gasteiger partial charge on any atom is -0.0853 e. The Morgan fingerprint density at radius 3 is 1.77 bits per heavy atom. The molecule has 0 bridgehead atoms. The summed E-state index contributed by atoms with van der Waals surface area (Å²) in [6, 6.07) is 33.2. The summed E-state index contributed by atoms with van der Waals surface area (Å²) in [5.74, 6) is 0. The van der Waals surface area contributed by atoms with Crippen molar-refractivity contribution in [3.63, 3.8) is 0 Å². The molecule has 3 aromatic rings. The van der Waals surface area contributed by atoms with Gasteiger partial charge in [-0.3, -0.25) is 0 Å². The normalized spacial score (nSPS) is 13.1.